The normalized spacial score (nSPS) is 20.8. The molecule has 0 saturated heterocycles. The maximum absolute atomic E-state index is 11.6. The molecule has 4 rings (SSSR count). The molecule has 0 unspecified atom stereocenters. The first-order valence-corrected chi connectivity index (χ1v) is 7.59. The predicted octanol–water partition coefficient (Wildman–Crippen LogP) is 1.27. The van der Waals surface area contributed by atoms with Gasteiger partial charge >= 0.3 is 0 Å². The number of fused-ring (bicyclic) bond motifs is 3. The Morgan fingerprint density at radius 2 is 2.39 bits per heavy atom. The number of amides is 1. The van der Waals surface area contributed by atoms with Crippen LogP contribution in [0.15, 0.2) is 18.5 Å². The largest absolute Gasteiger partial charge is 0.352 e. The molecule has 3 heterocycles. The Kier molecular flexibility index (Phi) is 3.19. The van der Waals surface area contributed by atoms with Crippen LogP contribution in [0.4, 0.5) is 0 Å². The van der Waals surface area contributed by atoms with Crippen LogP contribution in [-0.2, 0) is 4.79 Å². The second-order valence-electron chi connectivity index (χ2n) is 5.83. The fourth-order valence-corrected chi connectivity index (χ4v) is 3.36. The number of H-pyrrole nitrogens is 1. The van der Waals surface area contributed by atoms with E-state index in [1.807, 2.05) is 22.7 Å². The first kappa shape index (κ1) is 13.7. The van der Waals surface area contributed by atoms with Gasteiger partial charge in [-0.2, -0.15) is 5.26 Å². The quantitative estimate of drug-likeness (QED) is 0.756. The van der Waals surface area contributed by atoms with Crippen molar-refractivity contribution in [1.82, 2.24) is 29.9 Å². The van der Waals surface area contributed by atoms with Gasteiger partial charge in [0.25, 0.3) is 0 Å². The van der Waals surface area contributed by atoms with E-state index in [2.05, 4.69) is 25.5 Å². The lowest BCUT2D eigenvalue weighted by molar-refractivity contribution is -0.120. The highest BCUT2D eigenvalue weighted by Crippen LogP contribution is 2.34. The van der Waals surface area contributed by atoms with Crippen molar-refractivity contribution in [3.05, 3.63) is 24.3 Å². The van der Waals surface area contributed by atoms with Crippen LogP contribution in [0.1, 0.15) is 37.4 Å². The van der Waals surface area contributed by atoms with Crippen molar-refractivity contribution in [3.8, 4) is 6.07 Å². The highest BCUT2D eigenvalue weighted by molar-refractivity contribution is 5.78. The number of hydrogen-bond acceptors (Lipinski definition) is 5. The minimum absolute atomic E-state index is 0.0926. The average molecular weight is 309 g/mol. The molecule has 0 spiro atoms. The van der Waals surface area contributed by atoms with Gasteiger partial charge in [-0.05, 0) is 25.3 Å². The summed E-state index contributed by atoms with van der Waals surface area (Å²) in [4.78, 5) is 19.0. The number of nitriles is 1. The average Bonchev–Trinajstić information content (AvgIpc) is 3.24. The molecule has 23 heavy (non-hydrogen) atoms. The summed E-state index contributed by atoms with van der Waals surface area (Å²) in [6, 6.07) is 3.93. The lowest BCUT2D eigenvalue weighted by Gasteiger charge is -2.12. The minimum Gasteiger partial charge on any atom is -0.352 e. The minimum atomic E-state index is -0.207. The van der Waals surface area contributed by atoms with Crippen LogP contribution in [0.25, 0.3) is 16.8 Å². The number of aromatic amines is 1. The summed E-state index contributed by atoms with van der Waals surface area (Å²) in [6.45, 7) is 0. The molecule has 0 radical (unpaired) electrons. The van der Waals surface area contributed by atoms with Crippen LogP contribution in [0.5, 0.6) is 0 Å². The maximum Gasteiger partial charge on any atom is 0.234 e. The van der Waals surface area contributed by atoms with Gasteiger partial charge in [0.2, 0.25) is 5.91 Å². The van der Waals surface area contributed by atoms with Crippen LogP contribution in [-0.4, -0.2) is 36.5 Å². The summed E-state index contributed by atoms with van der Waals surface area (Å²) in [5.74, 6) is 0.934. The van der Waals surface area contributed by atoms with Gasteiger partial charge in [0.1, 0.15) is 12.2 Å². The van der Waals surface area contributed by atoms with E-state index < -0.39 is 0 Å². The zero-order valence-corrected chi connectivity index (χ0v) is 12.4. The second kappa shape index (κ2) is 5.35. The first-order valence-electron chi connectivity index (χ1n) is 7.59. The van der Waals surface area contributed by atoms with E-state index in [1.54, 1.807) is 6.20 Å². The van der Waals surface area contributed by atoms with Gasteiger partial charge < -0.3 is 10.3 Å². The van der Waals surface area contributed by atoms with E-state index in [1.165, 1.54) is 0 Å². The van der Waals surface area contributed by atoms with Crippen LogP contribution < -0.4 is 5.32 Å². The molecular weight excluding hydrogens is 294 g/mol. The Balaban J connectivity index is 1.62. The Hall–Kier alpha value is -2.95. The van der Waals surface area contributed by atoms with Gasteiger partial charge in [-0.15, -0.1) is 10.2 Å². The van der Waals surface area contributed by atoms with Gasteiger partial charge in [-0.25, -0.2) is 4.98 Å². The molecular formula is C15H15N7O. The van der Waals surface area contributed by atoms with Crippen molar-refractivity contribution in [2.45, 2.75) is 37.6 Å². The highest BCUT2D eigenvalue weighted by Gasteiger charge is 2.30. The van der Waals surface area contributed by atoms with Gasteiger partial charge in [0.05, 0.1) is 17.8 Å². The third-order valence-corrected chi connectivity index (χ3v) is 4.37. The van der Waals surface area contributed by atoms with E-state index in [4.69, 9.17) is 5.26 Å². The lowest BCUT2D eigenvalue weighted by atomic mass is 10.1. The summed E-state index contributed by atoms with van der Waals surface area (Å²) in [7, 11) is 0. The number of aromatic nitrogens is 5. The fraction of sp³-hybridized carbons (Fsp3) is 0.400. The Morgan fingerprint density at radius 1 is 1.48 bits per heavy atom. The monoisotopic (exact) mass is 309 g/mol. The second-order valence-corrected chi connectivity index (χ2v) is 5.83. The third-order valence-electron chi connectivity index (χ3n) is 4.37. The van der Waals surface area contributed by atoms with E-state index in [-0.39, 0.29) is 24.3 Å². The van der Waals surface area contributed by atoms with Crippen molar-refractivity contribution in [3.63, 3.8) is 0 Å². The molecule has 1 fully saturated rings. The van der Waals surface area contributed by atoms with Crippen molar-refractivity contribution >= 4 is 22.7 Å². The van der Waals surface area contributed by atoms with Gasteiger partial charge in [0, 0.05) is 18.2 Å². The standard InChI is InChI=1S/C15H15N7O/c16-5-3-13(23)19-10-2-1-9(7-10)15-21-20-12-8-18-14-11(22(12)15)4-6-17-14/h4,6,8-10,17H,1-3,7H2,(H,19,23)/t9-,10-/m1/s1. The van der Waals surface area contributed by atoms with Gasteiger partial charge in [0.15, 0.2) is 11.3 Å². The molecule has 1 saturated carbocycles. The Morgan fingerprint density at radius 3 is 3.26 bits per heavy atom. The summed E-state index contributed by atoms with van der Waals surface area (Å²) in [5, 5.41) is 20.1. The summed E-state index contributed by atoms with van der Waals surface area (Å²) in [5.41, 5.74) is 2.49. The topological polar surface area (TPSA) is 112 Å². The first-order chi connectivity index (χ1) is 11.3. The molecule has 8 heteroatoms. The smallest absolute Gasteiger partial charge is 0.234 e. The SMILES string of the molecule is N#CCC(=O)N[C@@H]1CC[C@@H](c2nnc3cnc4[nH]ccc4n23)C1. The number of nitrogens with zero attached hydrogens (tertiary/aromatic N) is 5. The zero-order valence-electron chi connectivity index (χ0n) is 12.4. The molecule has 2 N–H and O–H groups in total. The van der Waals surface area contributed by atoms with E-state index in [9.17, 15) is 4.79 Å². The molecule has 1 aliphatic carbocycles. The van der Waals surface area contributed by atoms with Crippen molar-refractivity contribution < 1.29 is 4.79 Å². The number of carbonyl (C=O) groups excluding carboxylic acids is 1. The number of carbonyl (C=O) groups is 1. The summed E-state index contributed by atoms with van der Waals surface area (Å²) >= 11 is 0. The number of hydrogen-bond donors (Lipinski definition) is 2. The molecule has 0 bridgehead atoms. The molecule has 116 valence electrons. The third kappa shape index (κ3) is 2.30. The number of rotatable bonds is 3. The summed E-state index contributed by atoms with van der Waals surface area (Å²) in [6.07, 6.45) is 6.10. The molecule has 0 aliphatic heterocycles. The fourth-order valence-electron chi connectivity index (χ4n) is 3.36. The molecule has 1 aliphatic rings. The van der Waals surface area contributed by atoms with Crippen molar-refractivity contribution in [2.75, 3.05) is 0 Å². The van der Waals surface area contributed by atoms with Crippen molar-refractivity contribution in [2.24, 2.45) is 0 Å². The van der Waals surface area contributed by atoms with Gasteiger partial charge in [-0.1, -0.05) is 0 Å². The maximum atomic E-state index is 11.6. The molecule has 3 aromatic heterocycles. The van der Waals surface area contributed by atoms with Crippen LogP contribution in [0.3, 0.4) is 0 Å². The Bertz CT molecular complexity index is 919. The Labute approximate surface area is 131 Å². The molecule has 3 aromatic rings. The molecule has 1 amide bonds. The summed E-state index contributed by atoms with van der Waals surface area (Å²) < 4.78 is 2.03. The van der Waals surface area contributed by atoms with E-state index >= 15 is 0 Å². The van der Waals surface area contributed by atoms with Crippen LogP contribution in [0.2, 0.25) is 0 Å². The lowest BCUT2D eigenvalue weighted by Crippen LogP contribution is -2.32. The molecule has 8 nitrogen and oxygen atoms in total. The highest BCUT2D eigenvalue weighted by atomic mass is 16.1. The zero-order chi connectivity index (χ0) is 15.8. The molecule has 0 aromatic carbocycles. The molecule has 2 atom stereocenters. The van der Waals surface area contributed by atoms with Crippen LogP contribution in [0, 0.1) is 11.3 Å². The number of nitrogens with one attached hydrogen (secondary N) is 2. The van der Waals surface area contributed by atoms with E-state index in [0.717, 1.165) is 41.9 Å². The predicted molar refractivity (Wildman–Crippen MR) is 81.4 cm³/mol. The van der Waals surface area contributed by atoms with Gasteiger partial charge in [-0.3, -0.25) is 9.20 Å². The van der Waals surface area contributed by atoms with Crippen LogP contribution >= 0.6 is 0 Å². The van der Waals surface area contributed by atoms with Crippen molar-refractivity contribution in [1.29, 1.82) is 5.26 Å². The van der Waals surface area contributed by atoms with E-state index in [0.29, 0.717) is 0 Å².